The fourth-order valence-corrected chi connectivity index (χ4v) is 3.66. The van der Waals surface area contributed by atoms with E-state index in [1.165, 1.54) is 17.3 Å². The Kier molecular flexibility index (Phi) is 3.25. The number of rotatable bonds is 4. The zero-order chi connectivity index (χ0) is 17.8. The number of nitrogens with zero attached hydrogens (tertiary/aromatic N) is 2. The number of carbonyl (C=O) groups is 1. The van der Waals surface area contributed by atoms with E-state index in [0.29, 0.717) is 17.8 Å². The first kappa shape index (κ1) is 15.8. The van der Waals surface area contributed by atoms with Gasteiger partial charge in [0.05, 0.1) is 0 Å². The van der Waals surface area contributed by atoms with E-state index in [1.54, 1.807) is 0 Å². The number of anilines is 1. The minimum absolute atomic E-state index is 0.236. The summed E-state index contributed by atoms with van der Waals surface area (Å²) in [7, 11) is 0. The Morgan fingerprint density at radius 3 is 3.04 bits per heavy atom. The second-order valence-corrected chi connectivity index (χ2v) is 6.59. The monoisotopic (exact) mass is 344 g/mol. The SMILES string of the molecule is C=C1C=C(C(F)F)N2N=CC3(C(=O)Nc4cccc(CC)c4)CC23N1. The van der Waals surface area contributed by atoms with E-state index in [0.717, 1.165) is 12.0 Å². The van der Waals surface area contributed by atoms with Gasteiger partial charge in [0.2, 0.25) is 5.91 Å². The first-order valence-electron chi connectivity index (χ1n) is 8.14. The van der Waals surface area contributed by atoms with Crippen molar-refractivity contribution in [2.75, 3.05) is 5.32 Å². The Morgan fingerprint density at radius 1 is 1.52 bits per heavy atom. The third-order valence-electron chi connectivity index (χ3n) is 5.06. The summed E-state index contributed by atoms with van der Waals surface area (Å²) in [6.07, 6.45) is 1.27. The Morgan fingerprint density at radius 2 is 2.32 bits per heavy atom. The van der Waals surface area contributed by atoms with Gasteiger partial charge in [0.25, 0.3) is 6.43 Å². The van der Waals surface area contributed by atoms with E-state index in [4.69, 9.17) is 0 Å². The van der Waals surface area contributed by atoms with Gasteiger partial charge in [-0.2, -0.15) is 5.10 Å². The summed E-state index contributed by atoms with van der Waals surface area (Å²) >= 11 is 0. The van der Waals surface area contributed by atoms with Crippen molar-refractivity contribution in [1.82, 2.24) is 10.3 Å². The summed E-state index contributed by atoms with van der Waals surface area (Å²) in [4.78, 5) is 12.9. The number of alkyl halides is 2. The standard InChI is InChI=1S/C18H18F2N4O/c1-3-12-5-4-6-13(8-12)22-16(25)17-9-18(17)23-11(2)7-14(15(19)20)24(18)21-10-17/h4-8,10,15,23H,2-3,9H2,1H3,(H,22,25). The fraction of sp³-hybridized carbons (Fsp3) is 0.333. The zero-order valence-corrected chi connectivity index (χ0v) is 13.7. The van der Waals surface area contributed by atoms with Crippen LogP contribution in [0.4, 0.5) is 14.5 Å². The van der Waals surface area contributed by atoms with Crippen LogP contribution in [0.5, 0.6) is 0 Å². The van der Waals surface area contributed by atoms with E-state index in [1.807, 2.05) is 31.2 Å². The molecule has 1 spiro atoms. The molecular formula is C18H18F2N4O. The highest BCUT2D eigenvalue weighted by Crippen LogP contribution is 2.63. The van der Waals surface area contributed by atoms with Gasteiger partial charge >= 0.3 is 0 Å². The highest BCUT2D eigenvalue weighted by atomic mass is 19.3. The molecule has 0 saturated heterocycles. The van der Waals surface area contributed by atoms with Crippen molar-refractivity contribution in [2.24, 2.45) is 10.5 Å². The average molecular weight is 344 g/mol. The fourth-order valence-electron chi connectivity index (χ4n) is 3.66. The highest BCUT2D eigenvalue weighted by Gasteiger charge is 2.79. The third-order valence-corrected chi connectivity index (χ3v) is 5.06. The lowest BCUT2D eigenvalue weighted by Gasteiger charge is -2.35. The lowest BCUT2D eigenvalue weighted by Crippen LogP contribution is -2.51. The van der Waals surface area contributed by atoms with Crippen molar-refractivity contribution in [3.63, 3.8) is 0 Å². The quantitative estimate of drug-likeness (QED) is 0.883. The van der Waals surface area contributed by atoms with E-state index in [-0.39, 0.29) is 11.6 Å². The molecule has 1 aromatic carbocycles. The molecule has 2 N–H and O–H groups in total. The smallest absolute Gasteiger partial charge is 0.280 e. The van der Waals surface area contributed by atoms with Crippen LogP contribution in [0.25, 0.3) is 0 Å². The van der Waals surface area contributed by atoms with Crippen LogP contribution in [-0.4, -0.2) is 29.2 Å². The summed E-state index contributed by atoms with van der Waals surface area (Å²) < 4.78 is 26.6. The minimum atomic E-state index is -2.69. The van der Waals surface area contributed by atoms with Crippen LogP contribution in [0.1, 0.15) is 18.9 Å². The summed E-state index contributed by atoms with van der Waals surface area (Å²) in [5.74, 6) is -0.261. The molecule has 4 rings (SSSR count). The van der Waals surface area contributed by atoms with Crippen LogP contribution in [0.3, 0.4) is 0 Å². The first-order chi connectivity index (χ1) is 11.9. The molecule has 2 heterocycles. The second-order valence-electron chi connectivity index (χ2n) is 6.59. The number of halogens is 2. The molecule has 2 atom stereocenters. The number of hydrogen-bond donors (Lipinski definition) is 2. The molecule has 1 aliphatic carbocycles. The normalized spacial score (nSPS) is 29.0. The number of aryl methyl sites for hydroxylation is 1. The van der Waals surface area contributed by atoms with Gasteiger partial charge in [0.15, 0.2) is 5.66 Å². The summed E-state index contributed by atoms with van der Waals surface area (Å²) in [6, 6.07) is 7.58. The minimum Gasteiger partial charge on any atom is -0.360 e. The number of hydrogen-bond acceptors (Lipinski definition) is 4. The number of benzene rings is 1. The number of nitrogens with one attached hydrogen (secondary N) is 2. The molecule has 0 bridgehead atoms. The molecule has 2 aliphatic heterocycles. The summed E-state index contributed by atoms with van der Waals surface area (Å²) in [6.45, 7) is 5.78. The largest absolute Gasteiger partial charge is 0.360 e. The Hall–Kier alpha value is -2.70. The number of carbonyl (C=O) groups excluding carboxylic acids is 1. The maximum Gasteiger partial charge on any atom is 0.280 e. The van der Waals surface area contributed by atoms with Crippen LogP contribution >= 0.6 is 0 Å². The van der Waals surface area contributed by atoms with Gasteiger partial charge in [-0.05, 0) is 30.2 Å². The van der Waals surface area contributed by atoms with E-state index in [2.05, 4.69) is 22.3 Å². The van der Waals surface area contributed by atoms with Crippen molar-refractivity contribution >= 4 is 17.8 Å². The van der Waals surface area contributed by atoms with Gasteiger partial charge in [0, 0.05) is 24.0 Å². The lowest BCUT2D eigenvalue weighted by molar-refractivity contribution is -0.119. The summed E-state index contributed by atoms with van der Waals surface area (Å²) in [5, 5.41) is 11.3. The predicted molar refractivity (Wildman–Crippen MR) is 90.9 cm³/mol. The molecule has 3 aliphatic rings. The molecule has 5 nitrogen and oxygen atoms in total. The molecule has 1 saturated carbocycles. The van der Waals surface area contributed by atoms with Crippen LogP contribution in [0, 0.1) is 5.41 Å². The van der Waals surface area contributed by atoms with Gasteiger partial charge in [-0.15, -0.1) is 0 Å². The number of allylic oxidation sites excluding steroid dienone is 2. The van der Waals surface area contributed by atoms with Crippen molar-refractivity contribution in [2.45, 2.75) is 31.9 Å². The molecule has 25 heavy (non-hydrogen) atoms. The predicted octanol–water partition coefficient (Wildman–Crippen LogP) is 2.84. The van der Waals surface area contributed by atoms with Crippen molar-refractivity contribution in [1.29, 1.82) is 0 Å². The molecule has 1 amide bonds. The Bertz CT molecular complexity index is 834. The summed E-state index contributed by atoms with van der Waals surface area (Å²) in [5.41, 5.74) is -0.0368. The number of hydrazone groups is 1. The van der Waals surface area contributed by atoms with E-state index in [9.17, 15) is 13.6 Å². The van der Waals surface area contributed by atoms with Crippen molar-refractivity contribution < 1.29 is 13.6 Å². The van der Waals surface area contributed by atoms with Crippen LogP contribution in [-0.2, 0) is 11.2 Å². The second kappa shape index (κ2) is 5.15. The highest BCUT2D eigenvalue weighted by molar-refractivity contribution is 6.11. The van der Waals surface area contributed by atoms with Gasteiger partial charge < -0.3 is 10.6 Å². The van der Waals surface area contributed by atoms with Gasteiger partial charge in [-0.25, -0.2) is 13.8 Å². The molecular weight excluding hydrogens is 326 g/mol. The van der Waals surface area contributed by atoms with Crippen molar-refractivity contribution in [3.8, 4) is 0 Å². The van der Waals surface area contributed by atoms with Crippen LogP contribution in [0.2, 0.25) is 0 Å². The number of amides is 1. The lowest BCUT2D eigenvalue weighted by atomic mass is 10.0. The molecule has 1 fully saturated rings. The van der Waals surface area contributed by atoms with Gasteiger partial charge in [-0.1, -0.05) is 25.6 Å². The zero-order valence-electron chi connectivity index (χ0n) is 13.7. The van der Waals surface area contributed by atoms with E-state index >= 15 is 0 Å². The topological polar surface area (TPSA) is 56.7 Å². The van der Waals surface area contributed by atoms with E-state index < -0.39 is 17.5 Å². The molecule has 0 radical (unpaired) electrons. The Balaban J connectivity index is 1.61. The molecule has 0 aromatic heterocycles. The average Bonchev–Trinajstić information content (AvgIpc) is 3.11. The molecule has 7 heteroatoms. The Labute approximate surface area is 144 Å². The first-order valence-corrected chi connectivity index (χ1v) is 8.14. The van der Waals surface area contributed by atoms with Crippen LogP contribution < -0.4 is 10.6 Å². The molecule has 130 valence electrons. The van der Waals surface area contributed by atoms with Gasteiger partial charge in [-0.3, -0.25) is 4.79 Å². The third kappa shape index (κ3) is 2.11. The maximum absolute atomic E-state index is 13.3. The van der Waals surface area contributed by atoms with Crippen LogP contribution in [0.15, 0.2) is 53.4 Å². The molecule has 1 aromatic rings. The molecule has 2 unspecified atom stereocenters. The van der Waals surface area contributed by atoms with Gasteiger partial charge in [0.1, 0.15) is 11.1 Å². The maximum atomic E-state index is 13.3. The van der Waals surface area contributed by atoms with Crippen molar-refractivity contribution in [3.05, 3.63) is 53.9 Å².